The molecule has 5 aromatic carbocycles. The molecule has 0 radical (unpaired) electrons. The van der Waals surface area contributed by atoms with Crippen molar-refractivity contribution in [2.24, 2.45) is 0 Å². The van der Waals surface area contributed by atoms with Gasteiger partial charge in [-0.25, -0.2) is 0 Å². The number of hydrogen-bond acceptors (Lipinski definition) is 5. The summed E-state index contributed by atoms with van der Waals surface area (Å²) >= 11 is 3.67. The fraction of sp³-hybridized carbons (Fsp3) is 0.250. The van der Waals surface area contributed by atoms with E-state index in [2.05, 4.69) is 76.6 Å². The summed E-state index contributed by atoms with van der Waals surface area (Å²) in [5, 5.41) is 0. The van der Waals surface area contributed by atoms with Gasteiger partial charge in [-0.3, -0.25) is 0 Å². The van der Waals surface area contributed by atoms with Gasteiger partial charge < -0.3 is 23.7 Å². The van der Waals surface area contributed by atoms with Crippen molar-refractivity contribution in [2.75, 3.05) is 6.61 Å². The van der Waals surface area contributed by atoms with E-state index in [1.54, 1.807) is 0 Å². The minimum absolute atomic E-state index is 0.329. The van der Waals surface area contributed by atoms with Gasteiger partial charge in [-0.05, 0) is 39.9 Å². The standard InChI is InChI=1S/C40H39BrO5/c41-35-23-13-22-34(24-35)37-39(44-27-32-18-9-3-10-19-32)40(45-28-33-20-11-4-12-21-33)38(43-26-31-16-7-2-8-17-31)36(46-37)29-42-25-30-14-5-1-6-15-30/h1-24,36-40H,25-29H2/t36-,37+,38-,39+,40+/m1/s1. The predicted octanol–water partition coefficient (Wildman–Crippen LogP) is 8.86. The highest BCUT2D eigenvalue weighted by Crippen LogP contribution is 2.39. The Balaban J connectivity index is 1.34. The molecule has 0 saturated carbocycles. The molecule has 1 fully saturated rings. The van der Waals surface area contributed by atoms with Crippen molar-refractivity contribution in [1.29, 1.82) is 0 Å². The molecular formula is C40H39BrO5. The summed E-state index contributed by atoms with van der Waals surface area (Å²) in [6.07, 6.45) is -2.25. The second kappa shape index (κ2) is 16.8. The van der Waals surface area contributed by atoms with Gasteiger partial charge in [0.2, 0.25) is 0 Å². The molecule has 0 aromatic heterocycles. The highest BCUT2D eigenvalue weighted by Gasteiger charge is 2.49. The van der Waals surface area contributed by atoms with Crippen LogP contribution in [-0.2, 0) is 50.1 Å². The zero-order valence-corrected chi connectivity index (χ0v) is 27.3. The monoisotopic (exact) mass is 678 g/mol. The van der Waals surface area contributed by atoms with Crippen LogP contribution in [0.2, 0.25) is 0 Å². The number of benzene rings is 5. The topological polar surface area (TPSA) is 46.2 Å². The van der Waals surface area contributed by atoms with Gasteiger partial charge in [0.25, 0.3) is 0 Å². The lowest BCUT2D eigenvalue weighted by atomic mass is 9.90. The molecule has 5 aromatic rings. The van der Waals surface area contributed by atoms with E-state index in [-0.39, 0.29) is 0 Å². The first-order valence-corrected chi connectivity index (χ1v) is 16.5. The summed E-state index contributed by atoms with van der Waals surface area (Å²) in [5.41, 5.74) is 5.32. The van der Waals surface area contributed by atoms with Crippen LogP contribution in [0.3, 0.4) is 0 Å². The Kier molecular flexibility index (Phi) is 11.8. The summed E-state index contributed by atoms with van der Waals surface area (Å²) in [4.78, 5) is 0. The Hall–Kier alpha value is -3.62. The van der Waals surface area contributed by atoms with Crippen molar-refractivity contribution in [1.82, 2.24) is 0 Å². The third kappa shape index (κ3) is 9.01. The second-order valence-electron chi connectivity index (χ2n) is 11.4. The van der Waals surface area contributed by atoms with Gasteiger partial charge in [-0.2, -0.15) is 0 Å². The van der Waals surface area contributed by atoms with Crippen LogP contribution < -0.4 is 0 Å². The van der Waals surface area contributed by atoms with E-state index < -0.39 is 30.5 Å². The molecule has 0 spiro atoms. The zero-order chi connectivity index (χ0) is 31.4. The van der Waals surface area contributed by atoms with Gasteiger partial charge in [-0.1, -0.05) is 149 Å². The van der Waals surface area contributed by atoms with E-state index in [1.807, 2.05) is 84.9 Å². The molecule has 5 nitrogen and oxygen atoms in total. The van der Waals surface area contributed by atoms with Gasteiger partial charge in [0.05, 0.1) is 33.0 Å². The van der Waals surface area contributed by atoms with Gasteiger partial charge >= 0.3 is 0 Å². The fourth-order valence-electron chi connectivity index (χ4n) is 5.74. The van der Waals surface area contributed by atoms with Crippen molar-refractivity contribution in [3.63, 3.8) is 0 Å². The number of rotatable bonds is 14. The maximum Gasteiger partial charge on any atom is 0.117 e. The Morgan fingerprint density at radius 3 is 1.43 bits per heavy atom. The molecular weight excluding hydrogens is 640 g/mol. The number of halogens is 1. The molecule has 0 unspecified atom stereocenters. The van der Waals surface area contributed by atoms with Crippen LogP contribution in [0, 0.1) is 0 Å². The molecule has 6 rings (SSSR count). The molecule has 46 heavy (non-hydrogen) atoms. The highest BCUT2D eigenvalue weighted by atomic mass is 79.9. The highest BCUT2D eigenvalue weighted by molar-refractivity contribution is 9.10. The van der Waals surface area contributed by atoms with Crippen LogP contribution in [0.5, 0.6) is 0 Å². The molecule has 1 saturated heterocycles. The van der Waals surface area contributed by atoms with Crippen molar-refractivity contribution in [2.45, 2.75) is 56.9 Å². The van der Waals surface area contributed by atoms with Crippen LogP contribution in [0.4, 0.5) is 0 Å². The molecule has 236 valence electrons. The molecule has 5 atom stereocenters. The quantitative estimate of drug-likeness (QED) is 0.117. The van der Waals surface area contributed by atoms with Crippen molar-refractivity contribution >= 4 is 15.9 Å². The van der Waals surface area contributed by atoms with Gasteiger partial charge in [-0.15, -0.1) is 0 Å². The molecule has 1 heterocycles. The first-order chi connectivity index (χ1) is 22.7. The first-order valence-electron chi connectivity index (χ1n) is 15.7. The van der Waals surface area contributed by atoms with Gasteiger partial charge in [0.15, 0.2) is 0 Å². The van der Waals surface area contributed by atoms with Crippen LogP contribution in [0.15, 0.2) is 150 Å². The lowest BCUT2D eigenvalue weighted by molar-refractivity contribution is -0.275. The van der Waals surface area contributed by atoms with Crippen LogP contribution in [-0.4, -0.2) is 31.0 Å². The average molecular weight is 680 g/mol. The van der Waals surface area contributed by atoms with Crippen LogP contribution in [0.25, 0.3) is 0 Å². The van der Waals surface area contributed by atoms with Crippen molar-refractivity contribution < 1.29 is 23.7 Å². The SMILES string of the molecule is Brc1cccc([C@@H]2O[C@H](COCc3ccccc3)[C@@H](OCc3ccccc3)[C@H](OCc3ccccc3)[C@H]2OCc2ccccc2)c1. The Morgan fingerprint density at radius 2 is 0.935 bits per heavy atom. The van der Waals surface area contributed by atoms with E-state index in [0.717, 1.165) is 32.3 Å². The maximum absolute atomic E-state index is 6.97. The Bertz CT molecular complexity index is 1590. The smallest absolute Gasteiger partial charge is 0.117 e. The van der Waals surface area contributed by atoms with Crippen molar-refractivity contribution in [3.8, 4) is 0 Å². The second-order valence-corrected chi connectivity index (χ2v) is 12.4. The predicted molar refractivity (Wildman–Crippen MR) is 183 cm³/mol. The normalized spacial score (nSPS) is 21.2. The van der Waals surface area contributed by atoms with E-state index in [9.17, 15) is 0 Å². The van der Waals surface area contributed by atoms with Gasteiger partial charge in [0.1, 0.15) is 30.5 Å². The number of hydrogen-bond donors (Lipinski definition) is 0. The Labute approximate surface area is 280 Å². The molecule has 6 heteroatoms. The summed E-state index contributed by atoms with van der Waals surface area (Å²) < 4.78 is 34.7. The molecule has 0 bridgehead atoms. The molecule has 1 aliphatic heterocycles. The molecule has 0 N–H and O–H groups in total. The fourth-order valence-corrected chi connectivity index (χ4v) is 6.16. The van der Waals surface area contributed by atoms with Crippen LogP contribution >= 0.6 is 15.9 Å². The van der Waals surface area contributed by atoms with Crippen molar-refractivity contribution in [3.05, 3.63) is 178 Å². The maximum atomic E-state index is 6.97. The summed E-state index contributed by atoms with van der Waals surface area (Å²) in [5.74, 6) is 0. The van der Waals surface area contributed by atoms with E-state index in [0.29, 0.717) is 33.0 Å². The van der Waals surface area contributed by atoms with E-state index in [1.165, 1.54) is 0 Å². The van der Waals surface area contributed by atoms with Crippen LogP contribution in [0.1, 0.15) is 33.9 Å². The summed E-state index contributed by atoms with van der Waals surface area (Å²) in [6, 6.07) is 49.0. The Morgan fingerprint density at radius 1 is 0.478 bits per heavy atom. The van der Waals surface area contributed by atoms with E-state index >= 15 is 0 Å². The number of ether oxygens (including phenoxy) is 5. The summed E-state index contributed by atoms with van der Waals surface area (Å²) in [6.45, 7) is 2.02. The molecule has 0 amide bonds. The van der Waals surface area contributed by atoms with Gasteiger partial charge in [0, 0.05) is 4.47 Å². The minimum Gasteiger partial charge on any atom is -0.374 e. The largest absolute Gasteiger partial charge is 0.374 e. The third-order valence-corrected chi connectivity index (χ3v) is 8.55. The lowest BCUT2D eigenvalue weighted by Crippen LogP contribution is -2.58. The van der Waals surface area contributed by atoms with E-state index in [4.69, 9.17) is 23.7 Å². The summed E-state index contributed by atoms with van der Waals surface area (Å²) in [7, 11) is 0. The minimum atomic E-state index is -0.469. The third-order valence-electron chi connectivity index (χ3n) is 8.06. The molecule has 0 aliphatic carbocycles. The first kappa shape index (κ1) is 32.3. The zero-order valence-electron chi connectivity index (χ0n) is 25.7. The lowest BCUT2D eigenvalue weighted by Gasteiger charge is -2.46. The average Bonchev–Trinajstić information content (AvgIpc) is 3.11. The molecule has 1 aliphatic rings.